The van der Waals surface area contributed by atoms with Crippen molar-refractivity contribution in [1.29, 1.82) is 0 Å². The first-order valence-corrected chi connectivity index (χ1v) is 12.6. The molecule has 3 aromatic rings. The van der Waals surface area contributed by atoms with Crippen LogP contribution in [0.3, 0.4) is 0 Å². The maximum Gasteiger partial charge on any atom is 0.315 e. The van der Waals surface area contributed by atoms with Gasteiger partial charge in [-0.1, -0.05) is 0 Å². The average molecular weight is 622 g/mol. The van der Waals surface area contributed by atoms with Crippen LogP contribution < -0.4 is 20.3 Å². The highest BCUT2D eigenvalue weighted by atomic mass is 16.6. The Kier molecular flexibility index (Phi) is 6.91. The number of fused-ring (bicyclic) bond motifs is 1. The standard InChI is InChI=1S/C25H27N5O14/c1-44-10-5-3-9(4-6-10)30-13-11(12(27-30)20(26)35)24(40,41)25(42,43)29(21(13)36)15-18(33)16(31)14(17(32)19(15)34)28-8-2-7-23(38,39)22(28)37/h3-6,20,31-35,38-43H,2,7-8,26H2,1H3. The lowest BCUT2D eigenvalue weighted by Crippen LogP contribution is -2.68. The van der Waals surface area contributed by atoms with Gasteiger partial charge in [0.2, 0.25) is 5.79 Å². The Morgan fingerprint density at radius 2 is 1.45 bits per heavy atom. The van der Waals surface area contributed by atoms with E-state index in [-0.39, 0.29) is 18.7 Å². The van der Waals surface area contributed by atoms with Gasteiger partial charge in [-0.2, -0.15) is 5.10 Å². The number of hydrogen-bond acceptors (Lipinski definition) is 16. The highest BCUT2D eigenvalue weighted by molar-refractivity contribution is 6.12. The number of rotatable bonds is 5. The van der Waals surface area contributed by atoms with Crippen molar-refractivity contribution >= 4 is 23.2 Å². The fourth-order valence-electron chi connectivity index (χ4n) is 5.18. The molecule has 1 aromatic heterocycles. The van der Waals surface area contributed by atoms with Crippen molar-refractivity contribution in [2.24, 2.45) is 5.73 Å². The molecule has 0 saturated carbocycles. The molecule has 2 aromatic carbocycles. The van der Waals surface area contributed by atoms with Gasteiger partial charge in [0, 0.05) is 13.0 Å². The Labute approximate surface area is 245 Å². The van der Waals surface area contributed by atoms with Gasteiger partial charge in [0.25, 0.3) is 17.6 Å². The Hall–Kier alpha value is -4.73. The largest absolute Gasteiger partial charge is 0.503 e. The molecule has 44 heavy (non-hydrogen) atoms. The molecule has 1 unspecified atom stereocenters. The molecular formula is C25H27N5O14. The number of aliphatic hydroxyl groups excluding tert-OH is 1. The Balaban J connectivity index is 1.77. The van der Waals surface area contributed by atoms with Gasteiger partial charge in [-0.25, -0.2) is 9.58 Å². The molecule has 1 fully saturated rings. The fourth-order valence-corrected chi connectivity index (χ4v) is 5.18. The summed E-state index contributed by atoms with van der Waals surface area (Å²) in [5.74, 6) is -20.2. The number of ether oxygens (including phenoxy) is 1. The molecule has 0 spiro atoms. The minimum Gasteiger partial charge on any atom is -0.503 e. The predicted octanol–water partition coefficient (Wildman–Crippen LogP) is -3.10. The molecule has 236 valence electrons. The molecule has 0 aliphatic carbocycles. The van der Waals surface area contributed by atoms with Crippen molar-refractivity contribution in [2.75, 3.05) is 23.5 Å². The smallest absolute Gasteiger partial charge is 0.315 e. The molecule has 1 atom stereocenters. The average Bonchev–Trinajstić information content (AvgIpc) is 3.38. The van der Waals surface area contributed by atoms with Gasteiger partial charge >= 0.3 is 5.91 Å². The molecule has 1 saturated heterocycles. The number of aliphatic hydroxyl groups is 7. The van der Waals surface area contributed by atoms with Crippen LogP contribution in [0.4, 0.5) is 11.4 Å². The van der Waals surface area contributed by atoms with Gasteiger partial charge in [0.1, 0.15) is 34.7 Å². The number of hydrogen-bond donors (Lipinski definition) is 12. The van der Waals surface area contributed by atoms with E-state index in [4.69, 9.17) is 10.5 Å². The van der Waals surface area contributed by atoms with E-state index in [1.165, 1.54) is 31.4 Å². The summed E-state index contributed by atoms with van der Waals surface area (Å²) in [5.41, 5.74) is 0.147. The summed E-state index contributed by atoms with van der Waals surface area (Å²) >= 11 is 0. The highest BCUT2D eigenvalue weighted by Gasteiger charge is 2.65. The SMILES string of the molecule is COc1ccc(-n2nc(C(N)O)c3c2C(=O)N(c2c(O)c(O)c(N4CCCC(O)(O)C4=O)c(O)c2O)C(O)(O)C3(O)O)cc1. The van der Waals surface area contributed by atoms with Crippen molar-refractivity contribution < 1.29 is 70.5 Å². The third kappa shape index (κ3) is 4.11. The zero-order valence-corrected chi connectivity index (χ0v) is 22.5. The predicted molar refractivity (Wildman–Crippen MR) is 141 cm³/mol. The van der Waals surface area contributed by atoms with E-state index in [1.807, 2.05) is 0 Å². The first-order chi connectivity index (χ1) is 20.4. The van der Waals surface area contributed by atoms with Crippen molar-refractivity contribution in [3.05, 3.63) is 41.2 Å². The topological polar surface area (TPSA) is 316 Å². The van der Waals surface area contributed by atoms with E-state index in [1.54, 1.807) is 0 Å². The second-order valence-corrected chi connectivity index (χ2v) is 10.1. The third-order valence-electron chi connectivity index (χ3n) is 7.38. The Bertz CT molecular complexity index is 1650. The number of carbonyl (C=O) groups excluding carboxylic acids is 2. The number of piperidine rings is 1. The first-order valence-electron chi connectivity index (χ1n) is 12.6. The Morgan fingerprint density at radius 3 is 1.98 bits per heavy atom. The van der Waals surface area contributed by atoms with Crippen molar-refractivity contribution in [3.63, 3.8) is 0 Å². The normalized spacial score (nSPS) is 19.6. The summed E-state index contributed by atoms with van der Waals surface area (Å²) in [5, 5.41) is 122. The molecule has 2 aliphatic heterocycles. The summed E-state index contributed by atoms with van der Waals surface area (Å²) < 4.78 is 5.78. The molecule has 19 heteroatoms. The lowest BCUT2D eigenvalue weighted by molar-refractivity contribution is -0.364. The molecule has 0 bridgehead atoms. The molecule has 2 aliphatic rings. The number of amides is 2. The quantitative estimate of drug-likeness (QED) is 0.0762. The van der Waals surface area contributed by atoms with Crippen LogP contribution in [0.2, 0.25) is 0 Å². The molecule has 13 N–H and O–H groups in total. The van der Waals surface area contributed by atoms with Crippen molar-refractivity contribution in [1.82, 2.24) is 9.78 Å². The first kappa shape index (κ1) is 30.7. The molecular weight excluding hydrogens is 594 g/mol. The lowest BCUT2D eigenvalue weighted by Gasteiger charge is -2.46. The number of carbonyl (C=O) groups is 2. The van der Waals surface area contributed by atoms with Crippen molar-refractivity contribution in [2.45, 2.75) is 36.6 Å². The Morgan fingerprint density at radius 1 is 0.909 bits per heavy atom. The second-order valence-electron chi connectivity index (χ2n) is 10.1. The highest BCUT2D eigenvalue weighted by Crippen LogP contribution is 2.59. The molecule has 2 amide bonds. The monoisotopic (exact) mass is 621 g/mol. The molecule has 19 nitrogen and oxygen atoms in total. The zero-order chi connectivity index (χ0) is 32.7. The number of aromatic hydroxyl groups is 4. The summed E-state index contributed by atoms with van der Waals surface area (Å²) in [6.07, 6.45) is -2.65. The molecule has 5 rings (SSSR count). The third-order valence-corrected chi connectivity index (χ3v) is 7.38. The van der Waals surface area contributed by atoms with Gasteiger partial charge in [0.15, 0.2) is 23.0 Å². The van der Waals surface area contributed by atoms with Gasteiger partial charge in [-0.05, 0) is 30.7 Å². The van der Waals surface area contributed by atoms with Gasteiger partial charge in [0.05, 0.1) is 18.4 Å². The van der Waals surface area contributed by atoms with E-state index in [0.29, 0.717) is 15.3 Å². The van der Waals surface area contributed by atoms with Crippen LogP contribution >= 0.6 is 0 Å². The summed E-state index contributed by atoms with van der Waals surface area (Å²) in [6, 6.07) is 5.46. The van der Waals surface area contributed by atoms with Gasteiger partial charge in [-0.15, -0.1) is 0 Å². The van der Waals surface area contributed by atoms with E-state index >= 15 is 0 Å². The summed E-state index contributed by atoms with van der Waals surface area (Å²) in [6.45, 7) is -0.362. The van der Waals surface area contributed by atoms with Crippen LogP contribution in [0, 0.1) is 0 Å². The lowest BCUT2D eigenvalue weighted by atomic mass is 9.91. The minimum atomic E-state index is -4.27. The van der Waals surface area contributed by atoms with E-state index < -0.39 is 98.2 Å². The van der Waals surface area contributed by atoms with E-state index in [0.717, 1.165) is 0 Å². The number of benzene rings is 2. The van der Waals surface area contributed by atoms with Gasteiger partial charge < -0.3 is 71.5 Å². The maximum atomic E-state index is 14.0. The maximum absolute atomic E-state index is 14.0. The van der Waals surface area contributed by atoms with Gasteiger partial charge in [-0.3, -0.25) is 9.59 Å². The number of aromatic nitrogens is 2. The van der Waals surface area contributed by atoms with Crippen LogP contribution in [0.1, 0.15) is 40.8 Å². The fraction of sp³-hybridized carbons (Fsp3) is 0.320. The summed E-state index contributed by atoms with van der Waals surface area (Å²) in [7, 11) is 1.36. The minimum absolute atomic E-state index is 0.00369. The number of phenols is 4. The van der Waals surface area contributed by atoms with Crippen LogP contribution in [0.5, 0.6) is 28.7 Å². The van der Waals surface area contributed by atoms with E-state index in [9.17, 15) is 65.8 Å². The zero-order valence-electron chi connectivity index (χ0n) is 22.5. The number of methoxy groups -OCH3 is 1. The second kappa shape index (κ2) is 9.90. The van der Waals surface area contributed by atoms with E-state index in [2.05, 4.69) is 5.10 Å². The number of anilines is 2. The number of nitrogens with zero attached hydrogens (tertiary/aromatic N) is 4. The number of nitrogens with two attached hydrogens (primary N) is 1. The summed E-state index contributed by atoms with van der Waals surface area (Å²) in [4.78, 5) is 26.6. The van der Waals surface area contributed by atoms with Crippen LogP contribution in [-0.2, 0) is 10.6 Å². The number of phenolic OH excluding ortho intramolecular Hbond substituents is 4. The van der Waals surface area contributed by atoms with Crippen molar-refractivity contribution in [3.8, 4) is 34.4 Å². The molecule has 0 radical (unpaired) electrons. The van der Waals surface area contributed by atoms with Crippen LogP contribution in [-0.4, -0.2) is 103 Å². The van der Waals surface area contributed by atoms with Crippen LogP contribution in [0.15, 0.2) is 24.3 Å². The van der Waals surface area contributed by atoms with Crippen LogP contribution in [0.25, 0.3) is 5.69 Å². The molecule has 3 heterocycles.